The van der Waals surface area contributed by atoms with Crippen LogP contribution in [0.5, 0.6) is 0 Å². The Morgan fingerprint density at radius 1 is 1.50 bits per heavy atom. The first-order chi connectivity index (χ1) is 8.48. The fourth-order valence-corrected chi connectivity index (χ4v) is 2.48. The Labute approximate surface area is 108 Å². The summed E-state index contributed by atoms with van der Waals surface area (Å²) in [7, 11) is 1.75. The van der Waals surface area contributed by atoms with Crippen molar-refractivity contribution in [3.63, 3.8) is 0 Å². The molecule has 1 aliphatic carbocycles. The minimum Gasteiger partial charge on any atom is -0.397 e. The number of nitrogens with zero attached hydrogens (tertiary/aromatic N) is 1. The lowest BCUT2D eigenvalue weighted by molar-refractivity contribution is -0.0794. The summed E-state index contributed by atoms with van der Waals surface area (Å²) in [4.78, 5) is 0. The normalized spacial score (nSPS) is 25.0. The van der Waals surface area contributed by atoms with Gasteiger partial charge in [0, 0.05) is 18.6 Å². The molecule has 0 bridgehead atoms. The van der Waals surface area contributed by atoms with Crippen molar-refractivity contribution in [2.24, 2.45) is 5.41 Å². The maximum atomic E-state index is 8.80. The average molecular weight is 245 g/mol. The third-order valence-electron chi connectivity index (χ3n) is 3.97. The van der Waals surface area contributed by atoms with Gasteiger partial charge in [0.1, 0.15) is 0 Å². The molecular formula is C14H19N3O. The molecule has 4 nitrogen and oxygen atoms in total. The van der Waals surface area contributed by atoms with E-state index in [1.54, 1.807) is 19.2 Å². The number of nitrogen functional groups attached to an aromatic ring is 1. The van der Waals surface area contributed by atoms with Gasteiger partial charge in [0.05, 0.1) is 29.1 Å². The molecule has 0 aromatic heterocycles. The van der Waals surface area contributed by atoms with Gasteiger partial charge in [0.2, 0.25) is 0 Å². The quantitative estimate of drug-likeness (QED) is 0.802. The summed E-state index contributed by atoms with van der Waals surface area (Å²) in [5.41, 5.74) is 8.12. The maximum absolute atomic E-state index is 8.80. The van der Waals surface area contributed by atoms with Gasteiger partial charge in [-0.2, -0.15) is 5.26 Å². The summed E-state index contributed by atoms with van der Waals surface area (Å²) in [6.45, 7) is 4.37. The maximum Gasteiger partial charge on any atom is 0.0992 e. The smallest absolute Gasteiger partial charge is 0.0992 e. The fourth-order valence-electron chi connectivity index (χ4n) is 2.48. The number of ether oxygens (including phenoxy) is 1. The highest BCUT2D eigenvalue weighted by atomic mass is 16.5. The number of hydrogen-bond donors (Lipinski definition) is 2. The summed E-state index contributed by atoms with van der Waals surface area (Å²) in [5, 5.41) is 12.2. The molecule has 0 radical (unpaired) electrons. The zero-order valence-corrected chi connectivity index (χ0v) is 11.0. The molecule has 2 unspecified atom stereocenters. The first-order valence-corrected chi connectivity index (χ1v) is 6.08. The molecule has 0 spiro atoms. The first kappa shape index (κ1) is 12.7. The zero-order valence-electron chi connectivity index (χ0n) is 11.0. The SMILES string of the molecule is COC1CC(Nc2ccc(C#N)cc2N)C1(C)C. The highest BCUT2D eigenvalue weighted by Gasteiger charge is 2.48. The largest absolute Gasteiger partial charge is 0.397 e. The predicted octanol–water partition coefficient (Wildman–Crippen LogP) is 2.37. The summed E-state index contributed by atoms with van der Waals surface area (Å²) in [6.07, 6.45) is 1.26. The third kappa shape index (κ3) is 2.02. The number of rotatable bonds is 3. The fraction of sp³-hybridized carbons (Fsp3) is 0.500. The number of benzene rings is 1. The van der Waals surface area contributed by atoms with Gasteiger partial charge in [-0.25, -0.2) is 0 Å². The lowest BCUT2D eigenvalue weighted by atomic mass is 9.64. The van der Waals surface area contributed by atoms with Gasteiger partial charge in [0.25, 0.3) is 0 Å². The van der Waals surface area contributed by atoms with Crippen LogP contribution in [0, 0.1) is 16.7 Å². The number of nitriles is 1. The van der Waals surface area contributed by atoms with Crippen LogP contribution in [0.4, 0.5) is 11.4 Å². The van der Waals surface area contributed by atoms with E-state index < -0.39 is 0 Å². The van der Waals surface area contributed by atoms with E-state index >= 15 is 0 Å². The summed E-state index contributed by atoms with van der Waals surface area (Å²) in [6, 6.07) is 7.76. The second-order valence-corrected chi connectivity index (χ2v) is 5.39. The molecule has 1 aromatic carbocycles. The Hall–Kier alpha value is -1.73. The van der Waals surface area contributed by atoms with Crippen molar-refractivity contribution in [2.45, 2.75) is 32.4 Å². The minimum absolute atomic E-state index is 0.0924. The molecule has 96 valence electrons. The van der Waals surface area contributed by atoms with Crippen LogP contribution in [-0.4, -0.2) is 19.3 Å². The first-order valence-electron chi connectivity index (χ1n) is 6.08. The van der Waals surface area contributed by atoms with Crippen LogP contribution in [-0.2, 0) is 4.74 Å². The third-order valence-corrected chi connectivity index (χ3v) is 3.97. The standard InChI is InChI=1S/C14H19N3O/c1-14(2)12(7-13(14)18-3)17-11-5-4-9(8-15)6-10(11)16/h4-6,12-13,17H,7,16H2,1-3H3. The van der Waals surface area contributed by atoms with E-state index in [9.17, 15) is 0 Å². The number of anilines is 2. The number of nitrogens with one attached hydrogen (secondary N) is 1. The molecule has 1 fully saturated rings. The highest BCUT2D eigenvalue weighted by molar-refractivity contribution is 5.68. The molecule has 1 saturated carbocycles. The molecule has 1 aromatic rings. The molecular weight excluding hydrogens is 226 g/mol. The second-order valence-electron chi connectivity index (χ2n) is 5.39. The van der Waals surface area contributed by atoms with E-state index in [0.717, 1.165) is 12.1 Å². The van der Waals surface area contributed by atoms with Crippen LogP contribution in [0.25, 0.3) is 0 Å². The lowest BCUT2D eigenvalue weighted by Crippen LogP contribution is -2.57. The van der Waals surface area contributed by atoms with E-state index in [4.69, 9.17) is 15.7 Å². The average Bonchev–Trinajstić information content (AvgIpc) is 2.35. The van der Waals surface area contributed by atoms with Crippen LogP contribution < -0.4 is 11.1 Å². The van der Waals surface area contributed by atoms with E-state index in [0.29, 0.717) is 17.3 Å². The molecule has 2 atom stereocenters. The summed E-state index contributed by atoms with van der Waals surface area (Å²) >= 11 is 0. The van der Waals surface area contributed by atoms with Crippen molar-refractivity contribution < 1.29 is 4.74 Å². The zero-order chi connectivity index (χ0) is 13.3. The topological polar surface area (TPSA) is 71.1 Å². The summed E-state index contributed by atoms with van der Waals surface area (Å²) in [5.74, 6) is 0. The van der Waals surface area contributed by atoms with Gasteiger partial charge in [-0.1, -0.05) is 13.8 Å². The van der Waals surface area contributed by atoms with Crippen LogP contribution in [0.2, 0.25) is 0 Å². The Morgan fingerprint density at radius 2 is 2.22 bits per heavy atom. The van der Waals surface area contributed by atoms with E-state index in [1.165, 1.54) is 0 Å². The minimum atomic E-state index is 0.0924. The number of nitrogens with two attached hydrogens (primary N) is 1. The number of methoxy groups -OCH3 is 1. The van der Waals surface area contributed by atoms with Crippen LogP contribution in [0.1, 0.15) is 25.8 Å². The molecule has 0 amide bonds. The van der Waals surface area contributed by atoms with Crippen LogP contribution in [0.15, 0.2) is 18.2 Å². The molecule has 2 rings (SSSR count). The monoisotopic (exact) mass is 245 g/mol. The van der Waals surface area contributed by atoms with Gasteiger partial charge in [-0.05, 0) is 24.6 Å². The lowest BCUT2D eigenvalue weighted by Gasteiger charge is -2.51. The molecule has 0 heterocycles. The second kappa shape index (κ2) is 4.51. The Kier molecular flexibility index (Phi) is 3.18. The van der Waals surface area contributed by atoms with Gasteiger partial charge in [-0.3, -0.25) is 0 Å². The van der Waals surface area contributed by atoms with Gasteiger partial charge < -0.3 is 15.8 Å². The summed E-state index contributed by atoms with van der Waals surface area (Å²) < 4.78 is 5.42. The van der Waals surface area contributed by atoms with Crippen molar-refractivity contribution >= 4 is 11.4 Å². The van der Waals surface area contributed by atoms with E-state index in [2.05, 4.69) is 25.2 Å². The van der Waals surface area contributed by atoms with E-state index in [1.807, 2.05) is 6.07 Å². The van der Waals surface area contributed by atoms with Crippen LogP contribution >= 0.6 is 0 Å². The Morgan fingerprint density at radius 3 is 2.72 bits per heavy atom. The van der Waals surface area contributed by atoms with Gasteiger partial charge >= 0.3 is 0 Å². The number of hydrogen-bond acceptors (Lipinski definition) is 4. The molecule has 3 N–H and O–H groups in total. The Bertz CT molecular complexity index is 490. The predicted molar refractivity (Wildman–Crippen MR) is 72.2 cm³/mol. The highest BCUT2D eigenvalue weighted by Crippen LogP contribution is 2.44. The van der Waals surface area contributed by atoms with Gasteiger partial charge in [-0.15, -0.1) is 0 Å². The molecule has 0 saturated heterocycles. The van der Waals surface area contributed by atoms with Gasteiger partial charge in [0.15, 0.2) is 0 Å². The molecule has 0 aliphatic heterocycles. The van der Waals surface area contributed by atoms with Crippen molar-refractivity contribution in [2.75, 3.05) is 18.2 Å². The molecule has 18 heavy (non-hydrogen) atoms. The van der Waals surface area contributed by atoms with E-state index in [-0.39, 0.29) is 11.5 Å². The Balaban J connectivity index is 2.10. The molecule has 4 heteroatoms. The van der Waals surface area contributed by atoms with Crippen molar-refractivity contribution in [1.29, 1.82) is 5.26 Å². The van der Waals surface area contributed by atoms with Crippen molar-refractivity contribution in [1.82, 2.24) is 0 Å². The van der Waals surface area contributed by atoms with Crippen LogP contribution in [0.3, 0.4) is 0 Å². The van der Waals surface area contributed by atoms with Crippen molar-refractivity contribution in [3.8, 4) is 6.07 Å². The van der Waals surface area contributed by atoms with Crippen molar-refractivity contribution in [3.05, 3.63) is 23.8 Å². The molecule has 1 aliphatic rings.